The molecule has 1 aliphatic heterocycles. The molecule has 0 spiro atoms. The first kappa shape index (κ1) is 12.0. The van der Waals surface area contributed by atoms with E-state index in [0.717, 1.165) is 0 Å². The molecule has 0 aromatic heterocycles. The summed E-state index contributed by atoms with van der Waals surface area (Å²) in [7, 11) is -0.278. The minimum Gasteiger partial charge on any atom is -0.402 e. The van der Waals surface area contributed by atoms with Gasteiger partial charge in [-0.2, -0.15) is 0 Å². The summed E-state index contributed by atoms with van der Waals surface area (Å²) >= 11 is 0. The summed E-state index contributed by atoms with van der Waals surface area (Å²) in [6, 6.07) is 0. The molecular formula is C10H22BNO2. The Morgan fingerprint density at radius 3 is 1.64 bits per heavy atom. The van der Waals surface area contributed by atoms with Crippen molar-refractivity contribution in [2.24, 2.45) is 11.7 Å². The molecule has 0 radical (unpaired) electrons. The van der Waals surface area contributed by atoms with Crippen LogP contribution in [0.25, 0.3) is 0 Å². The van der Waals surface area contributed by atoms with E-state index in [1.807, 2.05) is 27.7 Å². The van der Waals surface area contributed by atoms with E-state index in [9.17, 15) is 0 Å². The molecule has 1 heterocycles. The predicted octanol–water partition coefficient (Wildman–Crippen LogP) is 1.60. The Hall–Kier alpha value is -0.0551. The summed E-state index contributed by atoms with van der Waals surface area (Å²) in [4.78, 5) is 0. The first-order valence-electron chi connectivity index (χ1n) is 5.28. The summed E-state index contributed by atoms with van der Waals surface area (Å²) in [5.41, 5.74) is 5.47. The molecule has 0 aromatic carbocycles. The molecule has 2 N–H and O–H groups in total. The van der Waals surface area contributed by atoms with Crippen LogP contribution in [0, 0.1) is 5.92 Å². The molecule has 0 amide bonds. The normalized spacial score (nSPS) is 27.0. The maximum atomic E-state index is 6.01. The number of hydrogen-bond acceptors (Lipinski definition) is 3. The highest BCUT2D eigenvalue weighted by Crippen LogP contribution is 2.37. The van der Waals surface area contributed by atoms with Crippen molar-refractivity contribution in [2.75, 3.05) is 0 Å². The Kier molecular flexibility index (Phi) is 3.01. The van der Waals surface area contributed by atoms with Gasteiger partial charge in [-0.3, -0.25) is 0 Å². The molecule has 82 valence electrons. The van der Waals surface area contributed by atoms with E-state index in [2.05, 4.69) is 13.8 Å². The van der Waals surface area contributed by atoms with Gasteiger partial charge in [0.1, 0.15) is 0 Å². The van der Waals surface area contributed by atoms with Gasteiger partial charge < -0.3 is 15.0 Å². The lowest BCUT2D eigenvalue weighted by molar-refractivity contribution is 0.00578. The molecule has 14 heavy (non-hydrogen) atoms. The van der Waals surface area contributed by atoms with Crippen LogP contribution < -0.4 is 5.73 Å². The zero-order valence-corrected chi connectivity index (χ0v) is 10.1. The van der Waals surface area contributed by atoms with Crippen molar-refractivity contribution in [3.8, 4) is 0 Å². The molecule has 1 atom stereocenters. The first-order valence-corrected chi connectivity index (χ1v) is 5.28. The van der Waals surface area contributed by atoms with E-state index >= 15 is 0 Å². The minimum absolute atomic E-state index is 0.0592. The molecule has 0 saturated carbocycles. The molecule has 0 aliphatic carbocycles. The van der Waals surface area contributed by atoms with Crippen LogP contribution in [0.3, 0.4) is 0 Å². The molecule has 1 aliphatic rings. The van der Waals surface area contributed by atoms with Gasteiger partial charge in [-0.05, 0) is 33.6 Å². The van der Waals surface area contributed by atoms with Gasteiger partial charge in [0.25, 0.3) is 0 Å². The molecule has 0 aromatic rings. The van der Waals surface area contributed by atoms with Crippen LogP contribution >= 0.6 is 0 Å². The van der Waals surface area contributed by atoms with Gasteiger partial charge in [-0.25, -0.2) is 0 Å². The van der Waals surface area contributed by atoms with Gasteiger partial charge in [0.2, 0.25) is 0 Å². The van der Waals surface area contributed by atoms with Crippen molar-refractivity contribution in [1.29, 1.82) is 0 Å². The van der Waals surface area contributed by atoms with Crippen molar-refractivity contribution < 1.29 is 9.31 Å². The lowest BCUT2D eigenvalue weighted by Crippen LogP contribution is -2.45. The smallest absolute Gasteiger partial charge is 0.402 e. The third kappa shape index (κ3) is 1.97. The van der Waals surface area contributed by atoms with Crippen LogP contribution in [0.4, 0.5) is 0 Å². The monoisotopic (exact) mass is 199 g/mol. The van der Waals surface area contributed by atoms with Crippen LogP contribution in [0.1, 0.15) is 41.5 Å². The lowest BCUT2D eigenvalue weighted by atomic mass is 9.73. The van der Waals surface area contributed by atoms with E-state index in [-0.39, 0.29) is 24.3 Å². The largest absolute Gasteiger partial charge is 0.476 e. The Bertz CT molecular complexity index is 200. The predicted molar refractivity (Wildman–Crippen MR) is 58.9 cm³/mol. The quantitative estimate of drug-likeness (QED) is 0.687. The number of rotatable bonds is 2. The van der Waals surface area contributed by atoms with Gasteiger partial charge in [-0.1, -0.05) is 13.8 Å². The van der Waals surface area contributed by atoms with Crippen LogP contribution in [-0.2, 0) is 9.31 Å². The summed E-state index contributed by atoms with van der Waals surface area (Å²) < 4.78 is 11.7. The maximum Gasteiger partial charge on any atom is 0.476 e. The number of hydrogen-bond donors (Lipinski definition) is 1. The first-order chi connectivity index (χ1) is 6.17. The second kappa shape index (κ2) is 3.51. The standard InChI is InChI=1S/C10H22BNO2/c1-7(2)8(12)11-13-9(3,4)10(5,6)14-11/h7-8H,12H2,1-6H3/t8-/m1/s1. The Morgan fingerprint density at radius 1 is 1.00 bits per heavy atom. The van der Waals surface area contributed by atoms with Crippen LogP contribution in [0.5, 0.6) is 0 Å². The molecule has 3 nitrogen and oxygen atoms in total. The van der Waals surface area contributed by atoms with E-state index in [1.54, 1.807) is 0 Å². The third-order valence-electron chi connectivity index (χ3n) is 3.36. The van der Waals surface area contributed by atoms with Gasteiger partial charge in [0, 0.05) is 5.94 Å². The fourth-order valence-corrected chi connectivity index (χ4v) is 1.36. The highest BCUT2D eigenvalue weighted by Gasteiger charge is 2.53. The third-order valence-corrected chi connectivity index (χ3v) is 3.36. The molecule has 1 fully saturated rings. The zero-order chi connectivity index (χ0) is 11.1. The molecule has 4 heteroatoms. The van der Waals surface area contributed by atoms with Gasteiger partial charge in [-0.15, -0.1) is 0 Å². The molecule has 1 saturated heterocycles. The maximum absolute atomic E-state index is 6.01. The minimum atomic E-state index is -0.278. The van der Waals surface area contributed by atoms with Crippen LogP contribution in [0.15, 0.2) is 0 Å². The highest BCUT2D eigenvalue weighted by atomic mass is 16.7. The average molecular weight is 199 g/mol. The molecule has 0 bridgehead atoms. The zero-order valence-electron chi connectivity index (χ0n) is 10.1. The van der Waals surface area contributed by atoms with Crippen molar-refractivity contribution in [1.82, 2.24) is 0 Å². The van der Waals surface area contributed by atoms with E-state index in [0.29, 0.717) is 5.92 Å². The molecule has 0 unspecified atom stereocenters. The summed E-state index contributed by atoms with van der Waals surface area (Å²) in [5.74, 6) is 0.306. The van der Waals surface area contributed by atoms with E-state index in [1.165, 1.54) is 0 Å². The van der Waals surface area contributed by atoms with Crippen molar-refractivity contribution in [2.45, 2.75) is 58.7 Å². The molecule has 1 rings (SSSR count). The Morgan fingerprint density at radius 2 is 1.36 bits per heavy atom. The summed E-state index contributed by atoms with van der Waals surface area (Å²) in [6.45, 7) is 12.3. The average Bonchev–Trinajstić information content (AvgIpc) is 2.20. The van der Waals surface area contributed by atoms with Gasteiger partial charge in [0.05, 0.1) is 11.2 Å². The fourth-order valence-electron chi connectivity index (χ4n) is 1.36. The topological polar surface area (TPSA) is 44.5 Å². The summed E-state index contributed by atoms with van der Waals surface area (Å²) in [6.07, 6.45) is 0. The lowest BCUT2D eigenvalue weighted by Gasteiger charge is -2.32. The van der Waals surface area contributed by atoms with E-state index in [4.69, 9.17) is 15.0 Å². The van der Waals surface area contributed by atoms with Gasteiger partial charge in [0.15, 0.2) is 0 Å². The van der Waals surface area contributed by atoms with Crippen LogP contribution in [0.2, 0.25) is 0 Å². The SMILES string of the molecule is CC(C)[C@@H](N)B1OC(C)(C)C(C)(C)O1. The fraction of sp³-hybridized carbons (Fsp3) is 1.00. The second-order valence-electron chi connectivity index (χ2n) is 5.45. The Balaban J connectivity index is 2.73. The van der Waals surface area contributed by atoms with Crippen molar-refractivity contribution in [3.05, 3.63) is 0 Å². The van der Waals surface area contributed by atoms with Gasteiger partial charge >= 0.3 is 7.12 Å². The van der Waals surface area contributed by atoms with E-state index < -0.39 is 0 Å². The second-order valence-corrected chi connectivity index (χ2v) is 5.45. The van der Waals surface area contributed by atoms with Crippen molar-refractivity contribution in [3.63, 3.8) is 0 Å². The Labute approximate surface area is 87.5 Å². The highest BCUT2D eigenvalue weighted by molar-refractivity contribution is 6.47. The van der Waals surface area contributed by atoms with Crippen LogP contribution in [-0.4, -0.2) is 24.3 Å². The molecular weight excluding hydrogens is 177 g/mol. The summed E-state index contributed by atoms with van der Waals surface area (Å²) in [5, 5.41) is 0. The number of nitrogens with two attached hydrogens (primary N) is 1. The van der Waals surface area contributed by atoms with Crippen molar-refractivity contribution >= 4 is 7.12 Å².